The van der Waals surface area contributed by atoms with Crippen molar-refractivity contribution in [2.45, 2.75) is 24.2 Å². The molecule has 1 aromatic carbocycles. The Morgan fingerprint density at radius 1 is 1.05 bits per heavy atom. The summed E-state index contributed by atoms with van der Waals surface area (Å²) < 4.78 is 26.6. The van der Waals surface area contributed by atoms with E-state index in [9.17, 15) is 13.2 Å². The number of halogens is 1. The van der Waals surface area contributed by atoms with Crippen LogP contribution in [0.25, 0.3) is 0 Å². The van der Waals surface area contributed by atoms with Crippen molar-refractivity contribution in [2.75, 3.05) is 26.2 Å². The molecule has 2 fully saturated rings. The first-order chi connectivity index (χ1) is 10.00. The number of hydrogen-bond donors (Lipinski definition) is 0. The van der Waals surface area contributed by atoms with Gasteiger partial charge in [0.25, 0.3) is 5.91 Å². The van der Waals surface area contributed by atoms with Gasteiger partial charge in [0.15, 0.2) is 0 Å². The summed E-state index contributed by atoms with van der Waals surface area (Å²) in [7, 11) is -3.61. The van der Waals surface area contributed by atoms with E-state index in [4.69, 9.17) is 11.6 Å². The molecule has 0 aliphatic carbocycles. The Morgan fingerprint density at radius 3 is 2.29 bits per heavy atom. The predicted molar refractivity (Wildman–Crippen MR) is 80.0 cm³/mol. The van der Waals surface area contributed by atoms with Crippen LogP contribution in [-0.2, 0) is 10.0 Å². The number of likely N-dealkylation sites (tertiary alicyclic amines) is 1. The molecule has 0 N–H and O–H groups in total. The van der Waals surface area contributed by atoms with Crippen LogP contribution in [-0.4, -0.2) is 49.7 Å². The van der Waals surface area contributed by atoms with Gasteiger partial charge in [0, 0.05) is 31.7 Å². The van der Waals surface area contributed by atoms with E-state index in [0.717, 1.165) is 32.4 Å². The second-order valence-electron chi connectivity index (χ2n) is 5.40. The van der Waals surface area contributed by atoms with E-state index in [2.05, 4.69) is 0 Å². The van der Waals surface area contributed by atoms with Crippen LogP contribution in [0.2, 0.25) is 5.02 Å². The summed E-state index contributed by atoms with van der Waals surface area (Å²) in [6.45, 7) is 2.50. The maximum Gasteiger partial charge on any atom is 0.253 e. The van der Waals surface area contributed by atoms with E-state index in [1.165, 1.54) is 16.4 Å². The van der Waals surface area contributed by atoms with Crippen LogP contribution in [0.5, 0.6) is 0 Å². The molecule has 3 rings (SSSR count). The minimum Gasteiger partial charge on any atom is -0.339 e. The highest BCUT2D eigenvalue weighted by atomic mass is 35.5. The zero-order valence-electron chi connectivity index (χ0n) is 11.6. The highest BCUT2D eigenvalue weighted by Gasteiger charge is 2.30. The SMILES string of the molecule is O=C(c1ccc(Cl)c(S(=O)(=O)N2CCCC2)c1)N1CCC1. The summed E-state index contributed by atoms with van der Waals surface area (Å²) in [5, 5.41) is 0.169. The molecule has 5 nitrogen and oxygen atoms in total. The first kappa shape index (κ1) is 14.8. The smallest absolute Gasteiger partial charge is 0.253 e. The van der Waals surface area contributed by atoms with E-state index in [-0.39, 0.29) is 15.8 Å². The molecule has 0 aromatic heterocycles. The lowest BCUT2D eigenvalue weighted by atomic mass is 10.1. The van der Waals surface area contributed by atoms with Crippen LogP contribution in [0.4, 0.5) is 0 Å². The van der Waals surface area contributed by atoms with Crippen molar-refractivity contribution in [1.29, 1.82) is 0 Å². The molecule has 7 heteroatoms. The van der Waals surface area contributed by atoms with Gasteiger partial charge in [-0.1, -0.05) is 11.6 Å². The fraction of sp³-hybridized carbons (Fsp3) is 0.500. The molecule has 1 amide bonds. The summed E-state index contributed by atoms with van der Waals surface area (Å²) in [6.07, 6.45) is 2.73. The van der Waals surface area contributed by atoms with Crippen molar-refractivity contribution in [3.63, 3.8) is 0 Å². The first-order valence-corrected chi connectivity index (χ1v) is 8.91. The van der Waals surface area contributed by atoms with Gasteiger partial charge in [0.1, 0.15) is 4.90 Å². The highest BCUT2D eigenvalue weighted by molar-refractivity contribution is 7.89. The highest BCUT2D eigenvalue weighted by Crippen LogP contribution is 2.28. The number of rotatable bonds is 3. The summed E-state index contributed by atoms with van der Waals surface area (Å²) in [4.78, 5) is 14.0. The van der Waals surface area contributed by atoms with Gasteiger partial charge in [0.2, 0.25) is 10.0 Å². The number of carbonyl (C=O) groups is 1. The Balaban J connectivity index is 1.95. The fourth-order valence-corrected chi connectivity index (χ4v) is 4.62. The molecule has 0 radical (unpaired) electrons. The zero-order chi connectivity index (χ0) is 15.0. The van der Waals surface area contributed by atoms with E-state index >= 15 is 0 Å². The molecule has 0 bridgehead atoms. The minimum atomic E-state index is -3.61. The maximum atomic E-state index is 12.6. The molecule has 0 saturated carbocycles. The number of hydrogen-bond acceptors (Lipinski definition) is 3. The van der Waals surface area contributed by atoms with Gasteiger partial charge in [-0.15, -0.1) is 0 Å². The largest absolute Gasteiger partial charge is 0.339 e. The lowest BCUT2D eigenvalue weighted by Crippen LogP contribution is -2.42. The molecule has 0 unspecified atom stereocenters. The Hall–Kier alpha value is -1.11. The summed E-state index contributed by atoms with van der Waals surface area (Å²) >= 11 is 6.06. The number of sulfonamides is 1. The summed E-state index contributed by atoms with van der Waals surface area (Å²) in [5.74, 6) is -0.129. The molecule has 2 aliphatic rings. The zero-order valence-corrected chi connectivity index (χ0v) is 13.2. The molecular formula is C14H17ClN2O3S. The van der Waals surface area contributed by atoms with E-state index in [1.807, 2.05) is 0 Å². The monoisotopic (exact) mass is 328 g/mol. The normalized spacial score (nSPS) is 19.6. The third kappa shape index (κ3) is 2.67. The van der Waals surface area contributed by atoms with E-state index in [1.54, 1.807) is 11.0 Å². The van der Waals surface area contributed by atoms with Crippen LogP contribution in [0.1, 0.15) is 29.6 Å². The van der Waals surface area contributed by atoms with Crippen LogP contribution in [0.15, 0.2) is 23.1 Å². The Morgan fingerprint density at radius 2 is 1.71 bits per heavy atom. The average Bonchev–Trinajstić information content (AvgIpc) is 2.91. The predicted octanol–water partition coefficient (Wildman–Crippen LogP) is 1.97. The van der Waals surface area contributed by atoms with Crippen LogP contribution in [0, 0.1) is 0 Å². The standard InChI is InChI=1S/C14H17ClN2O3S/c15-12-5-4-11(14(18)16-6-3-7-16)10-13(12)21(19,20)17-8-1-2-9-17/h4-5,10H,1-3,6-9H2. The number of carbonyl (C=O) groups excluding carboxylic acids is 1. The fourth-order valence-electron chi connectivity index (χ4n) is 2.60. The van der Waals surface area contributed by atoms with Gasteiger partial charge in [0.05, 0.1) is 5.02 Å². The van der Waals surface area contributed by atoms with Gasteiger partial charge in [-0.3, -0.25) is 4.79 Å². The average molecular weight is 329 g/mol. The van der Waals surface area contributed by atoms with Crippen molar-refractivity contribution in [3.05, 3.63) is 28.8 Å². The van der Waals surface area contributed by atoms with E-state index < -0.39 is 10.0 Å². The third-order valence-electron chi connectivity index (χ3n) is 4.00. The first-order valence-electron chi connectivity index (χ1n) is 7.09. The van der Waals surface area contributed by atoms with Crippen molar-refractivity contribution in [1.82, 2.24) is 9.21 Å². The summed E-state index contributed by atoms with van der Waals surface area (Å²) in [6, 6.07) is 4.50. The van der Waals surface area contributed by atoms with Gasteiger partial charge in [-0.2, -0.15) is 4.31 Å². The number of nitrogens with zero attached hydrogens (tertiary/aromatic N) is 2. The topological polar surface area (TPSA) is 57.7 Å². The van der Waals surface area contributed by atoms with Crippen LogP contribution < -0.4 is 0 Å². The van der Waals surface area contributed by atoms with Crippen molar-refractivity contribution in [2.24, 2.45) is 0 Å². The third-order valence-corrected chi connectivity index (χ3v) is 6.38. The van der Waals surface area contributed by atoms with E-state index in [0.29, 0.717) is 18.7 Å². The molecular weight excluding hydrogens is 312 g/mol. The Bertz CT molecular complexity index is 665. The number of amides is 1. The molecule has 1 aromatic rings. The van der Waals surface area contributed by atoms with Gasteiger partial charge < -0.3 is 4.90 Å². The molecule has 21 heavy (non-hydrogen) atoms. The second kappa shape index (κ2) is 5.59. The lowest BCUT2D eigenvalue weighted by molar-refractivity contribution is 0.0651. The number of benzene rings is 1. The van der Waals surface area contributed by atoms with Gasteiger partial charge in [-0.25, -0.2) is 8.42 Å². The van der Waals surface area contributed by atoms with Gasteiger partial charge >= 0.3 is 0 Å². The minimum absolute atomic E-state index is 0.0393. The molecule has 0 spiro atoms. The lowest BCUT2D eigenvalue weighted by Gasteiger charge is -2.31. The van der Waals surface area contributed by atoms with Crippen LogP contribution >= 0.6 is 11.6 Å². The molecule has 2 saturated heterocycles. The van der Waals surface area contributed by atoms with Crippen molar-refractivity contribution >= 4 is 27.5 Å². The maximum absolute atomic E-state index is 12.6. The molecule has 2 aliphatic heterocycles. The molecule has 114 valence electrons. The Kier molecular flexibility index (Phi) is 3.94. The second-order valence-corrected chi connectivity index (χ2v) is 7.72. The quantitative estimate of drug-likeness (QED) is 0.852. The molecule has 2 heterocycles. The van der Waals surface area contributed by atoms with Crippen molar-refractivity contribution in [3.8, 4) is 0 Å². The van der Waals surface area contributed by atoms with Crippen molar-refractivity contribution < 1.29 is 13.2 Å². The summed E-state index contributed by atoms with van der Waals surface area (Å²) in [5.41, 5.74) is 0.386. The Labute approximate surface area is 129 Å². The van der Waals surface area contributed by atoms with Crippen LogP contribution in [0.3, 0.4) is 0 Å². The van der Waals surface area contributed by atoms with Gasteiger partial charge in [-0.05, 0) is 37.5 Å². The molecule has 0 atom stereocenters.